The lowest BCUT2D eigenvalue weighted by molar-refractivity contribution is 0.0655. The van der Waals surface area contributed by atoms with E-state index in [1.165, 1.54) is 33.3 Å². The standard InChI is InChI=1S/C15H23N3O4S.ClH/c1-11-10-16-7-8-18(11)15(19)12-5-6-13(22-4)14(9-12)23(20,21)17(2)3;/h5-6,9,11,16H,7-8,10H2,1-4H3;1H/t11-;/m0./s1. The monoisotopic (exact) mass is 377 g/mol. The van der Waals surface area contributed by atoms with Crippen LogP contribution in [-0.2, 0) is 10.0 Å². The molecule has 0 saturated carbocycles. The Morgan fingerprint density at radius 2 is 2.04 bits per heavy atom. The maximum Gasteiger partial charge on any atom is 0.254 e. The Kier molecular flexibility index (Phi) is 7.03. The predicted octanol–water partition coefficient (Wildman–Crippen LogP) is 0.801. The van der Waals surface area contributed by atoms with Crippen LogP contribution in [-0.4, -0.2) is 70.4 Å². The third-order valence-corrected chi connectivity index (χ3v) is 5.77. The van der Waals surface area contributed by atoms with Crippen LogP contribution in [0, 0.1) is 0 Å². The Labute approximate surface area is 149 Å². The van der Waals surface area contributed by atoms with Gasteiger partial charge >= 0.3 is 0 Å². The molecule has 1 aliphatic heterocycles. The van der Waals surface area contributed by atoms with Gasteiger partial charge in [0, 0.05) is 45.3 Å². The summed E-state index contributed by atoms with van der Waals surface area (Å²) in [5.74, 6) is 0.0560. The van der Waals surface area contributed by atoms with Crippen LogP contribution in [0.3, 0.4) is 0 Å². The second kappa shape index (κ2) is 8.15. The summed E-state index contributed by atoms with van der Waals surface area (Å²) in [5, 5.41) is 3.22. The van der Waals surface area contributed by atoms with E-state index in [9.17, 15) is 13.2 Å². The van der Waals surface area contributed by atoms with Crippen molar-refractivity contribution >= 4 is 28.3 Å². The smallest absolute Gasteiger partial charge is 0.254 e. The van der Waals surface area contributed by atoms with E-state index < -0.39 is 10.0 Å². The lowest BCUT2D eigenvalue weighted by Crippen LogP contribution is -2.52. The Morgan fingerprint density at radius 1 is 1.38 bits per heavy atom. The first-order chi connectivity index (χ1) is 10.8. The number of hydrogen-bond acceptors (Lipinski definition) is 5. The molecule has 2 rings (SSSR count). The number of rotatable bonds is 4. The molecule has 1 saturated heterocycles. The minimum Gasteiger partial charge on any atom is -0.495 e. The van der Waals surface area contributed by atoms with Gasteiger partial charge in [-0.1, -0.05) is 0 Å². The number of halogens is 1. The van der Waals surface area contributed by atoms with E-state index in [1.807, 2.05) is 6.92 Å². The summed E-state index contributed by atoms with van der Waals surface area (Å²) in [7, 11) is 0.604. The topological polar surface area (TPSA) is 79.0 Å². The summed E-state index contributed by atoms with van der Waals surface area (Å²) in [6.45, 7) is 4.02. The van der Waals surface area contributed by atoms with Crippen molar-refractivity contribution in [2.24, 2.45) is 0 Å². The molecular formula is C15H24ClN3O4S. The number of methoxy groups -OCH3 is 1. The van der Waals surface area contributed by atoms with Crippen LogP contribution in [0.5, 0.6) is 5.75 Å². The van der Waals surface area contributed by atoms with Crippen molar-refractivity contribution in [2.75, 3.05) is 40.8 Å². The molecule has 1 amide bonds. The number of nitrogens with one attached hydrogen (secondary N) is 1. The highest BCUT2D eigenvalue weighted by atomic mass is 35.5. The predicted molar refractivity (Wildman–Crippen MR) is 94.5 cm³/mol. The number of piperazine rings is 1. The first kappa shape index (κ1) is 20.7. The SMILES string of the molecule is COc1ccc(C(=O)N2CCNC[C@@H]2C)cc1S(=O)(=O)N(C)C.Cl. The van der Waals surface area contributed by atoms with Gasteiger partial charge in [0.25, 0.3) is 5.91 Å². The van der Waals surface area contributed by atoms with Gasteiger partial charge in [0.05, 0.1) is 7.11 Å². The number of nitrogens with zero attached hydrogens (tertiary/aromatic N) is 2. The fourth-order valence-corrected chi connectivity index (χ4v) is 3.59. The average Bonchev–Trinajstić information content (AvgIpc) is 2.53. The van der Waals surface area contributed by atoms with Crippen molar-refractivity contribution in [3.8, 4) is 5.75 Å². The molecule has 1 fully saturated rings. The Hall–Kier alpha value is -1.35. The molecule has 0 bridgehead atoms. The zero-order chi connectivity index (χ0) is 17.2. The quantitative estimate of drug-likeness (QED) is 0.839. The van der Waals surface area contributed by atoms with Crippen LogP contribution in [0.1, 0.15) is 17.3 Å². The normalized spacial score (nSPS) is 18.2. The van der Waals surface area contributed by atoms with Gasteiger partial charge in [-0.15, -0.1) is 12.4 Å². The summed E-state index contributed by atoms with van der Waals surface area (Å²) < 4.78 is 31.1. The molecule has 0 aromatic heterocycles. The van der Waals surface area contributed by atoms with Crippen molar-refractivity contribution in [2.45, 2.75) is 17.9 Å². The molecule has 0 spiro atoms. The second-order valence-corrected chi connectivity index (χ2v) is 7.83. The van der Waals surface area contributed by atoms with Gasteiger partial charge < -0.3 is 15.0 Å². The fraction of sp³-hybridized carbons (Fsp3) is 0.533. The molecule has 1 heterocycles. The number of ether oxygens (including phenoxy) is 1. The van der Waals surface area contributed by atoms with Gasteiger partial charge in [-0.2, -0.15) is 0 Å². The van der Waals surface area contributed by atoms with Crippen molar-refractivity contribution in [1.82, 2.24) is 14.5 Å². The van der Waals surface area contributed by atoms with E-state index in [-0.39, 0.29) is 35.0 Å². The highest BCUT2D eigenvalue weighted by Gasteiger charge is 2.27. The van der Waals surface area contributed by atoms with Gasteiger partial charge in [-0.3, -0.25) is 4.79 Å². The summed E-state index contributed by atoms with van der Waals surface area (Å²) in [4.78, 5) is 14.5. The molecule has 0 unspecified atom stereocenters. The molecule has 1 N–H and O–H groups in total. The Balaban J connectivity index is 0.00000288. The summed E-state index contributed by atoms with van der Waals surface area (Å²) in [6, 6.07) is 4.58. The first-order valence-corrected chi connectivity index (χ1v) is 8.85. The molecule has 1 atom stereocenters. The van der Waals surface area contributed by atoms with Crippen LogP contribution < -0.4 is 10.1 Å². The van der Waals surface area contributed by atoms with Crippen LogP contribution in [0.2, 0.25) is 0 Å². The maximum absolute atomic E-state index is 12.7. The molecule has 1 aromatic rings. The van der Waals surface area contributed by atoms with Crippen molar-refractivity contribution in [3.05, 3.63) is 23.8 Å². The van der Waals surface area contributed by atoms with E-state index in [2.05, 4.69) is 5.32 Å². The number of sulfonamides is 1. The fourth-order valence-electron chi connectivity index (χ4n) is 2.52. The Bertz CT molecular complexity index is 694. The largest absolute Gasteiger partial charge is 0.495 e. The molecule has 136 valence electrons. The highest BCUT2D eigenvalue weighted by molar-refractivity contribution is 7.89. The van der Waals surface area contributed by atoms with Crippen molar-refractivity contribution < 1.29 is 17.9 Å². The van der Waals surface area contributed by atoms with Gasteiger partial charge in [0.2, 0.25) is 10.0 Å². The van der Waals surface area contributed by atoms with E-state index >= 15 is 0 Å². The van der Waals surface area contributed by atoms with E-state index in [0.29, 0.717) is 12.1 Å². The third kappa shape index (κ3) is 4.00. The molecule has 24 heavy (non-hydrogen) atoms. The molecule has 0 aliphatic carbocycles. The zero-order valence-corrected chi connectivity index (χ0v) is 15.9. The molecule has 9 heteroatoms. The van der Waals surface area contributed by atoms with Gasteiger partial charge in [-0.25, -0.2) is 12.7 Å². The minimum absolute atomic E-state index is 0. The van der Waals surface area contributed by atoms with E-state index in [1.54, 1.807) is 11.0 Å². The summed E-state index contributed by atoms with van der Waals surface area (Å²) >= 11 is 0. The van der Waals surface area contributed by atoms with Gasteiger partial charge in [0.15, 0.2) is 0 Å². The number of amides is 1. The molecule has 1 aliphatic rings. The Morgan fingerprint density at radius 3 is 2.58 bits per heavy atom. The number of hydrogen-bond donors (Lipinski definition) is 1. The third-order valence-electron chi connectivity index (χ3n) is 3.93. The minimum atomic E-state index is -3.69. The van der Waals surface area contributed by atoms with E-state index in [4.69, 9.17) is 4.74 Å². The van der Waals surface area contributed by atoms with Crippen molar-refractivity contribution in [1.29, 1.82) is 0 Å². The molecule has 0 radical (unpaired) electrons. The van der Waals surface area contributed by atoms with Crippen LogP contribution in [0.15, 0.2) is 23.1 Å². The van der Waals surface area contributed by atoms with Crippen LogP contribution in [0.25, 0.3) is 0 Å². The highest BCUT2D eigenvalue weighted by Crippen LogP contribution is 2.27. The maximum atomic E-state index is 12.7. The average molecular weight is 378 g/mol. The number of benzene rings is 1. The van der Waals surface area contributed by atoms with Gasteiger partial charge in [0.1, 0.15) is 10.6 Å². The van der Waals surface area contributed by atoms with E-state index in [0.717, 1.165) is 17.4 Å². The number of carbonyl (C=O) groups excluding carboxylic acids is 1. The molecule has 7 nitrogen and oxygen atoms in total. The van der Waals surface area contributed by atoms with Crippen LogP contribution in [0.4, 0.5) is 0 Å². The summed E-state index contributed by atoms with van der Waals surface area (Å²) in [6.07, 6.45) is 0. The molecule has 1 aromatic carbocycles. The zero-order valence-electron chi connectivity index (χ0n) is 14.3. The summed E-state index contributed by atoms with van der Waals surface area (Å²) in [5.41, 5.74) is 0.347. The van der Waals surface area contributed by atoms with Crippen molar-refractivity contribution in [3.63, 3.8) is 0 Å². The first-order valence-electron chi connectivity index (χ1n) is 7.41. The van der Waals surface area contributed by atoms with Gasteiger partial charge in [-0.05, 0) is 25.1 Å². The second-order valence-electron chi connectivity index (χ2n) is 5.70. The van der Waals surface area contributed by atoms with Crippen LogP contribution >= 0.6 is 12.4 Å². The lowest BCUT2D eigenvalue weighted by atomic mass is 10.1. The lowest BCUT2D eigenvalue weighted by Gasteiger charge is -2.34. The number of carbonyl (C=O) groups is 1. The molecular weight excluding hydrogens is 354 g/mol.